The van der Waals surface area contributed by atoms with Crippen LogP contribution < -0.4 is 0 Å². The molecule has 22 heavy (non-hydrogen) atoms. The molecule has 1 heterocycles. The molecule has 0 saturated carbocycles. The third-order valence-electron chi connectivity index (χ3n) is 4.09. The quantitative estimate of drug-likeness (QED) is 0.563. The van der Waals surface area contributed by atoms with Crippen LogP contribution in [0.3, 0.4) is 0 Å². The van der Waals surface area contributed by atoms with Crippen molar-refractivity contribution in [1.82, 2.24) is 0 Å². The van der Waals surface area contributed by atoms with E-state index in [9.17, 15) is 9.18 Å². The smallest absolute Gasteiger partial charge is 0.309 e. The van der Waals surface area contributed by atoms with E-state index in [1.165, 1.54) is 15.7 Å². The minimum Gasteiger partial charge on any atom is -0.465 e. The Balaban J connectivity index is 1.71. The highest BCUT2D eigenvalue weighted by atomic mass is 127. The first kappa shape index (κ1) is 15.5. The van der Waals surface area contributed by atoms with Crippen molar-refractivity contribution in [3.63, 3.8) is 0 Å². The average molecular weight is 410 g/mol. The van der Waals surface area contributed by atoms with E-state index in [4.69, 9.17) is 4.74 Å². The molecule has 2 nitrogen and oxygen atoms in total. The standard InChI is InChI=1S/C18H16FIO2/c19-15-5-1-12(2-6-15)9-14-11-22-18(21)17(14)10-13-3-7-16(20)8-4-13/h1-8,14,17H,9-11H2/t14-,17+/m0/s1. The molecule has 0 aromatic heterocycles. The molecule has 1 fully saturated rings. The van der Waals surface area contributed by atoms with Crippen molar-refractivity contribution >= 4 is 28.6 Å². The molecule has 0 bridgehead atoms. The third-order valence-corrected chi connectivity index (χ3v) is 4.81. The van der Waals surface area contributed by atoms with E-state index in [0.29, 0.717) is 13.0 Å². The minimum atomic E-state index is -0.238. The van der Waals surface area contributed by atoms with E-state index < -0.39 is 0 Å². The molecule has 1 aliphatic rings. The largest absolute Gasteiger partial charge is 0.465 e. The first-order valence-corrected chi connectivity index (χ1v) is 8.35. The SMILES string of the molecule is O=C1OC[C@H](Cc2ccc(F)cc2)[C@H]1Cc1ccc(I)cc1. The van der Waals surface area contributed by atoms with E-state index in [2.05, 4.69) is 34.7 Å². The molecule has 0 unspecified atom stereocenters. The first-order chi connectivity index (χ1) is 10.6. The molecular formula is C18H16FIO2. The molecule has 1 saturated heterocycles. The number of rotatable bonds is 4. The van der Waals surface area contributed by atoms with Gasteiger partial charge in [-0.25, -0.2) is 4.39 Å². The van der Waals surface area contributed by atoms with Crippen molar-refractivity contribution in [3.05, 3.63) is 69.0 Å². The number of esters is 1. The monoisotopic (exact) mass is 410 g/mol. The van der Waals surface area contributed by atoms with Gasteiger partial charge in [0.15, 0.2) is 0 Å². The Morgan fingerprint density at radius 3 is 2.27 bits per heavy atom. The zero-order valence-corrected chi connectivity index (χ0v) is 14.1. The Hall–Kier alpha value is -1.43. The number of carbonyl (C=O) groups excluding carboxylic acids is 1. The van der Waals surface area contributed by atoms with Crippen LogP contribution in [-0.2, 0) is 22.4 Å². The van der Waals surface area contributed by atoms with Crippen molar-refractivity contribution in [2.75, 3.05) is 6.61 Å². The molecule has 2 aromatic rings. The third kappa shape index (κ3) is 3.66. The normalized spacial score (nSPS) is 20.9. The van der Waals surface area contributed by atoms with Gasteiger partial charge in [-0.05, 0) is 70.8 Å². The second-order valence-corrected chi connectivity index (χ2v) is 6.90. The van der Waals surface area contributed by atoms with Crippen LogP contribution in [0.4, 0.5) is 4.39 Å². The maximum absolute atomic E-state index is 13.0. The van der Waals surface area contributed by atoms with Gasteiger partial charge in [-0.3, -0.25) is 4.79 Å². The maximum atomic E-state index is 13.0. The van der Waals surface area contributed by atoms with Gasteiger partial charge in [-0.1, -0.05) is 24.3 Å². The maximum Gasteiger partial charge on any atom is 0.309 e. The molecule has 0 N–H and O–H groups in total. The van der Waals surface area contributed by atoms with Crippen molar-refractivity contribution < 1.29 is 13.9 Å². The molecule has 2 aromatic carbocycles. The average Bonchev–Trinajstić information content (AvgIpc) is 2.85. The second-order valence-electron chi connectivity index (χ2n) is 5.66. The van der Waals surface area contributed by atoms with Gasteiger partial charge in [0.05, 0.1) is 12.5 Å². The van der Waals surface area contributed by atoms with Gasteiger partial charge in [0.1, 0.15) is 5.82 Å². The molecule has 114 valence electrons. The summed E-state index contributed by atoms with van der Waals surface area (Å²) in [6.45, 7) is 0.450. The first-order valence-electron chi connectivity index (χ1n) is 7.27. The van der Waals surface area contributed by atoms with Crippen molar-refractivity contribution in [3.8, 4) is 0 Å². The minimum absolute atomic E-state index is 0.120. The molecule has 2 atom stereocenters. The second kappa shape index (κ2) is 6.77. The Morgan fingerprint density at radius 2 is 1.59 bits per heavy atom. The van der Waals surface area contributed by atoms with Gasteiger partial charge in [0.25, 0.3) is 0 Å². The van der Waals surface area contributed by atoms with Crippen LogP contribution in [0.2, 0.25) is 0 Å². The fourth-order valence-corrected chi connectivity index (χ4v) is 3.21. The van der Waals surface area contributed by atoms with Gasteiger partial charge in [0.2, 0.25) is 0 Å². The molecule has 0 spiro atoms. The summed E-state index contributed by atoms with van der Waals surface area (Å²) in [4.78, 5) is 12.0. The summed E-state index contributed by atoms with van der Waals surface area (Å²) in [5, 5.41) is 0. The molecular weight excluding hydrogens is 394 g/mol. The van der Waals surface area contributed by atoms with Crippen LogP contribution in [0.15, 0.2) is 48.5 Å². The molecule has 1 aliphatic heterocycles. The van der Waals surface area contributed by atoms with Crippen LogP contribution in [0.5, 0.6) is 0 Å². The van der Waals surface area contributed by atoms with Gasteiger partial charge >= 0.3 is 5.97 Å². The van der Waals surface area contributed by atoms with Crippen molar-refractivity contribution in [2.24, 2.45) is 11.8 Å². The summed E-state index contributed by atoms with van der Waals surface area (Å²) in [5.74, 6) is -0.328. The summed E-state index contributed by atoms with van der Waals surface area (Å²) in [6, 6.07) is 14.7. The highest BCUT2D eigenvalue weighted by Crippen LogP contribution is 2.29. The van der Waals surface area contributed by atoms with E-state index in [-0.39, 0.29) is 23.6 Å². The summed E-state index contributed by atoms with van der Waals surface area (Å²) in [5.41, 5.74) is 2.19. The predicted octanol–water partition coefficient (Wildman–Crippen LogP) is 4.00. The predicted molar refractivity (Wildman–Crippen MR) is 90.9 cm³/mol. The molecule has 0 radical (unpaired) electrons. The topological polar surface area (TPSA) is 26.3 Å². The fraction of sp³-hybridized carbons (Fsp3) is 0.278. The lowest BCUT2D eigenvalue weighted by Gasteiger charge is -2.15. The number of ether oxygens (including phenoxy) is 1. The number of benzene rings is 2. The Labute approximate surface area is 142 Å². The summed E-state index contributed by atoms with van der Waals surface area (Å²) in [7, 11) is 0. The van der Waals surface area contributed by atoms with Crippen LogP contribution in [0.25, 0.3) is 0 Å². The van der Waals surface area contributed by atoms with Gasteiger partial charge in [0, 0.05) is 9.49 Å². The summed E-state index contributed by atoms with van der Waals surface area (Å²) >= 11 is 2.26. The van der Waals surface area contributed by atoms with Crippen LogP contribution in [-0.4, -0.2) is 12.6 Å². The number of halogens is 2. The summed E-state index contributed by atoms with van der Waals surface area (Å²) < 4.78 is 19.4. The highest BCUT2D eigenvalue weighted by Gasteiger charge is 2.36. The zero-order valence-electron chi connectivity index (χ0n) is 12.0. The van der Waals surface area contributed by atoms with Crippen LogP contribution in [0, 0.1) is 21.2 Å². The van der Waals surface area contributed by atoms with Gasteiger partial charge in [-0.2, -0.15) is 0 Å². The lowest BCUT2D eigenvalue weighted by atomic mass is 9.85. The lowest BCUT2D eigenvalue weighted by Crippen LogP contribution is -2.20. The zero-order chi connectivity index (χ0) is 15.5. The summed E-state index contributed by atoms with van der Waals surface area (Å²) in [6.07, 6.45) is 1.43. The van der Waals surface area contributed by atoms with Gasteiger partial charge in [-0.15, -0.1) is 0 Å². The molecule has 3 rings (SSSR count). The van der Waals surface area contributed by atoms with Gasteiger partial charge < -0.3 is 4.74 Å². The van der Waals surface area contributed by atoms with E-state index in [1.54, 1.807) is 12.1 Å². The number of hydrogen-bond acceptors (Lipinski definition) is 2. The molecule has 4 heteroatoms. The lowest BCUT2D eigenvalue weighted by molar-refractivity contribution is -0.141. The molecule has 0 aliphatic carbocycles. The highest BCUT2D eigenvalue weighted by molar-refractivity contribution is 14.1. The van der Waals surface area contributed by atoms with E-state index in [1.807, 2.05) is 12.1 Å². The van der Waals surface area contributed by atoms with Crippen molar-refractivity contribution in [2.45, 2.75) is 12.8 Å². The Kier molecular flexibility index (Phi) is 4.76. The fourth-order valence-electron chi connectivity index (χ4n) is 2.85. The number of carbonyl (C=O) groups is 1. The Morgan fingerprint density at radius 1 is 1.00 bits per heavy atom. The number of hydrogen-bond donors (Lipinski definition) is 0. The Bertz CT molecular complexity index is 652. The van der Waals surface area contributed by atoms with Crippen LogP contribution in [0.1, 0.15) is 11.1 Å². The molecule has 0 amide bonds. The van der Waals surface area contributed by atoms with E-state index >= 15 is 0 Å². The number of cyclic esters (lactones) is 1. The van der Waals surface area contributed by atoms with E-state index in [0.717, 1.165) is 17.5 Å². The van der Waals surface area contributed by atoms with Crippen LogP contribution >= 0.6 is 22.6 Å². The van der Waals surface area contributed by atoms with Crippen molar-refractivity contribution in [1.29, 1.82) is 0 Å².